The number of nitrogens with zero attached hydrogens (tertiary/aromatic N) is 1. The molecule has 1 saturated heterocycles. The van der Waals surface area contributed by atoms with Crippen molar-refractivity contribution in [1.29, 1.82) is 0 Å². The summed E-state index contributed by atoms with van der Waals surface area (Å²) in [6.07, 6.45) is 1.96. The van der Waals surface area contributed by atoms with E-state index in [1.807, 2.05) is 32.0 Å². The number of aliphatic hydroxyl groups is 1. The number of rotatable bonds is 4. The molecule has 1 fully saturated rings. The Kier molecular flexibility index (Phi) is 5.15. The summed E-state index contributed by atoms with van der Waals surface area (Å²) < 4.78 is 0. The maximum absolute atomic E-state index is 12.1. The molecular formula is C16H24N2O2. The number of aryl methyl sites for hydroxylation is 2. The van der Waals surface area contributed by atoms with E-state index in [1.165, 1.54) is 0 Å². The van der Waals surface area contributed by atoms with Gasteiger partial charge in [-0.15, -0.1) is 0 Å². The number of benzene rings is 1. The highest BCUT2D eigenvalue weighted by atomic mass is 16.3. The van der Waals surface area contributed by atoms with E-state index in [2.05, 4.69) is 10.2 Å². The number of nitrogens with one attached hydrogen (secondary N) is 1. The number of hydrogen-bond donors (Lipinski definition) is 2. The van der Waals surface area contributed by atoms with Gasteiger partial charge in [0, 0.05) is 12.3 Å². The molecule has 110 valence electrons. The van der Waals surface area contributed by atoms with Crippen molar-refractivity contribution >= 4 is 11.6 Å². The minimum Gasteiger partial charge on any atom is -0.396 e. The van der Waals surface area contributed by atoms with Crippen molar-refractivity contribution in [1.82, 2.24) is 4.90 Å². The smallest absolute Gasteiger partial charge is 0.238 e. The van der Waals surface area contributed by atoms with Gasteiger partial charge in [-0.05, 0) is 62.9 Å². The van der Waals surface area contributed by atoms with Crippen LogP contribution in [0.1, 0.15) is 24.0 Å². The molecule has 0 saturated carbocycles. The average Bonchev–Trinajstić information content (AvgIpc) is 2.43. The van der Waals surface area contributed by atoms with Crippen molar-refractivity contribution in [3.63, 3.8) is 0 Å². The SMILES string of the molecule is Cc1ccc(C)c(NC(=O)CN2CCC(CO)CC2)c1. The van der Waals surface area contributed by atoms with Crippen LogP contribution in [0, 0.1) is 19.8 Å². The second-order valence-corrected chi connectivity index (χ2v) is 5.77. The Hall–Kier alpha value is -1.39. The largest absolute Gasteiger partial charge is 0.396 e. The third-order valence-corrected chi connectivity index (χ3v) is 4.00. The minimum absolute atomic E-state index is 0.0427. The molecule has 0 radical (unpaired) electrons. The predicted octanol–water partition coefficient (Wildman–Crippen LogP) is 1.95. The third-order valence-electron chi connectivity index (χ3n) is 4.00. The van der Waals surface area contributed by atoms with E-state index in [9.17, 15) is 4.79 Å². The zero-order valence-corrected chi connectivity index (χ0v) is 12.4. The molecule has 1 amide bonds. The molecule has 0 aromatic heterocycles. The fraction of sp³-hybridized carbons (Fsp3) is 0.562. The van der Waals surface area contributed by atoms with Crippen molar-refractivity contribution in [2.75, 3.05) is 31.6 Å². The quantitative estimate of drug-likeness (QED) is 0.883. The van der Waals surface area contributed by atoms with Crippen molar-refractivity contribution in [2.45, 2.75) is 26.7 Å². The molecule has 1 aromatic carbocycles. The van der Waals surface area contributed by atoms with E-state index < -0.39 is 0 Å². The van der Waals surface area contributed by atoms with E-state index in [0.29, 0.717) is 12.5 Å². The molecule has 0 atom stereocenters. The third kappa shape index (κ3) is 4.05. The van der Waals surface area contributed by atoms with Crippen LogP contribution < -0.4 is 5.32 Å². The van der Waals surface area contributed by atoms with Crippen molar-refractivity contribution in [3.05, 3.63) is 29.3 Å². The lowest BCUT2D eigenvalue weighted by molar-refractivity contribution is -0.117. The second-order valence-electron chi connectivity index (χ2n) is 5.77. The molecule has 0 spiro atoms. The van der Waals surface area contributed by atoms with E-state index in [4.69, 9.17) is 5.11 Å². The maximum atomic E-state index is 12.1. The van der Waals surface area contributed by atoms with Crippen LogP contribution in [-0.4, -0.2) is 42.2 Å². The molecule has 1 aromatic rings. The second kappa shape index (κ2) is 6.86. The van der Waals surface area contributed by atoms with Gasteiger partial charge in [0.1, 0.15) is 0 Å². The van der Waals surface area contributed by atoms with Gasteiger partial charge in [0.25, 0.3) is 0 Å². The first-order valence-electron chi connectivity index (χ1n) is 7.29. The van der Waals surface area contributed by atoms with Gasteiger partial charge in [-0.3, -0.25) is 9.69 Å². The Morgan fingerprint density at radius 2 is 2.05 bits per heavy atom. The summed E-state index contributed by atoms with van der Waals surface area (Å²) in [5.74, 6) is 0.453. The van der Waals surface area contributed by atoms with Crippen LogP contribution in [0.15, 0.2) is 18.2 Å². The molecule has 0 unspecified atom stereocenters. The summed E-state index contributed by atoms with van der Waals surface area (Å²) in [6.45, 7) is 6.52. The molecule has 2 N–H and O–H groups in total. The van der Waals surface area contributed by atoms with Gasteiger partial charge in [0.05, 0.1) is 6.54 Å². The molecule has 2 rings (SSSR count). The van der Waals surface area contributed by atoms with Gasteiger partial charge >= 0.3 is 0 Å². The van der Waals surface area contributed by atoms with Gasteiger partial charge in [0.15, 0.2) is 0 Å². The zero-order valence-electron chi connectivity index (χ0n) is 12.4. The lowest BCUT2D eigenvalue weighted by atomic mass is 9.98. The standard InChI is InChI=1S/C16H24N2O2/c1-12-3-4-13(2)15(9-12)17-16(20)10-18-7-5-14(11-19)6-8-18/h3-4,9,14,19H,5-8,10-11H2,1-2H3,(H,17,20). The van der Waals surface area contributed by atoms with Crippen LogP contribution in [0.2, 0.25) is 0 Å². The summed E-state index contributed by atoms with van der Waals surface area (Å²) in [7, 11) is 0. The fourth-order valence-electron chi connectivity index (χ4n) is 2.59. The Morgan fingerprint density at radius 3 is 2.70 bits per heavy atom. The van der Waals surface area contributed by atoms with Crippen LogP contribution in [0.25, 0.3) is 0 Å². The van der Waals surface area contributed by atoms with Crippen molar-refractivity contribution in [3.8, 4) is 0 Å². The average molecular weight is 276 g/mol. The zero-order chi connectivity index (χ0) is 14.5. The molecular weight excluding hydrogens is 252 g/mol. The van der Waals surface area contributed by atoms with Gasteiger partial charge < -0.3 is 10.4 Å². The first-order valence-corrected chi connectivity index (χ1v) is 7.29. The number of amides is 1. The number of carbonyl (C=O) groups excluding carboxylic acids is 1. The normalized spacial score (nSPS) is 17.1. The molecule has 4 heteroatoms. The van der Waals surface area contributed by atoms with Gasteiger partial charge in [0.2, 0.25) is 5.91 Å². The summed E-state index contributed by atoms with van der Waals surface area (Å²) in [5.41, 5.74) is 3.14. The highest BCUT2D eigenvalue weighted by Crippen LogP contribution is 2.18. The number of likely N-dealkylation sites (tertiary alicyclic amines) is 1. The van der Waals surface area contributed by atoms with Crippen LogP contribution >= 0.6 is 0 Å². The molecule has 1 aliphatic rings. The van der Waals surface area contributed by atoms with Crippen molar-refractivity contribution in [2.24, 2.45) is 5.92 Å². The number of piperidine rings is 1. The summed E-state index contributed by atoms with van der Waals surface area (Å²) in [4.78, 5) is 14.3. The van der Waals surface area contributed by atoms with Crippen LogP contribution in [-0.2, 0) is 4.79 Å². The number of hydrogen-bond acceptors (Lipinski definition) is 3. The highest BCUT2D eigenvalue weighted by molar-refractivity contribution is 5.93. The number of aliphatic hydroxyl groups excluding tert-OH is 1. The summed E-state index contributed by atoms with van der Waals surface area (Å²) in [5, 5.41) is 12.1. The van der Waals surface area contributed by atoms with Gasteiger partial charge in [-0.2, -0.15) is 0 Å². The van der Waals surface area contributed by atoms with Crippen LogP contribution in [0.4, 0.5) is 5.69 Å². The lowest BCUT2D eigenvalue weighted by Crippen LogP contribution is -2.39. The molecule has 0 bridgehead atoms. The Labute approximate surface area is 120 Å². The molecule has 0 aliphatic carbocycles. The number of carbonyl (C=O) groups is 1. The van der Waals surface area contributed by atoms with Gasteiger partial charge in [-0.1, -0.05) is 12.1 Å². The lowest BCUT2D eigenvalue weighted by Gasteiger charge is -2.30. The van der Waals surface area contributed by atoms with E-state index in [-0.39, 0.29) is 12.5 Å². The van der Waals surface area contributed by atoms with Crippen LogP contribution in [0.5, 0.6) is 0 Å². The Morgan fingerprint density at radius 1 is 1.35 bits per heavy atom. The Bertz CT molecular complexity index is 466. The molecule has 4 nitrogen and oxygen atoms in total. The monoisotopic (exact) mass is 276 g/mol. The van der Waals surface area contributed by atoms with Crippen LogP contribution in [0.3, 0.4) is 0 Å². The van der Waals surface area contributed by atoms with E-state index in [0.717, 1.165) is 42.7 Å². The van der Waals surface area contributed by atoms with E-state index in [1.54, 1.807) is 0 Å². The predicted molar refractivity (Wildman–Crippen MR) is 80.8 cm³/mol. The summed E-state index contributed by atoms with van der Waals surface area (Å²) >= 11 is 0. The molecule has 20 heavy (non-hydrogen) atoms. The Balaban J connectivity index is 1.85. The highest BCUT2D eigenvalue weighted by Gasteiger charge is 2.20. The first-order chi connectivity index (χ1) is 9.58. The fourth-order valence-corrected chi connectivity index (χ4v) is 2.59. The minimum atomic E-state index is 0.0427. The number of anilines is 1. The van der Waals surface area contributed by atoms with Crippen molar-refractivity contribution < 1.29 is 9.90 Å². The molecule has 1 heterocycles. The maximum Gasteiger partial charge on any atom is 0.238 e. The summed E-state index contributed by atoms with van der Waals surface area (Å²) in [6, 6.07) is 6.08. The van der Waals surface area contributed by atoms with Gasteiger partial charge in [-0.25, -0.2) is 0 Å². The molecule has 1 aliphatic heterocycles. The van der Waals surface area contributed by atoms with E-state index >= 15 is 0 Å². The first kappa shape index (κ1) is 15.0. The topological polar surface area (TPSA) is 52.6 Å².